The zero-order valence-electron chi connectivity index (χ0n) is 14.6. The molecule has 0 bridgehead atoms. The first-order chi connectivity index (χ1) is 12.9. The molecule has 6 nitrogen and oxygen atoms in total. The average Bonchev–Trinajstić information content (AvgIpc) is 3.05. The van der Waals surface area contributed by atoms with Crippen LogP contribution in [0.15, 0.2) is 53.1 Å². The maximum absolute atomic E-state index is 13.1. The third kappa shape index (κ3) is 3.90. The Hall–Kier alpha value is -3.00. The Labute approximate surface area is 163 Å². The number of halogens is 2. The van der Waals surface area contributed by atoms with E-state index in [1.165, 1.54) is 16.8 Å². The van der Waals surface area contributed by atoms with Crippen molar-refractivity contribution in [3.05, 3.63) is 75.8 Å². The fourth-order valence-electron chi connectivity index (χ4n) is 2.57. The summed E-state index contributed by atoms with van der Waals surface area (Å²) < 4.78 is 15.0. The first kappa shape index (κ1) is 18.8. The number of hydrogen-bond acceptors (Lipinski definition) is 3. The van der Waals surface area contributed by atoms with E-state index < -0.39 is 5.91 Å². The average molecular weight is 431 g/mol. The lowest BCUT2D eigenvalue weighted by Gasteiger charge is -2.11. The number of amides is 2. The van der Waals surface area contributed by atoms with Crippen LogP contribution in [0.25, 0.3) is 5.69 Å². The van der Waals surface area contributed by atoms with E-state index in [0.29, 0.717) is 27.0 Å². The molecule has 3 aromatic rings. The SMILES string of the molecule is CNC(=O)c1cccc(NC(=O)c2nn(-c3ccc(F)cc3)cc2Br)c1C. The summed E-state index contributed by atoms with van der Waals surface area (Å²) in [6.45, 7) is 1.76. The molecule has 1 heterocycles. The third-order valence-corrected chi connectivity index (χ3v) is 4.61. The van der Waals surface area contributed by atoms with E-state index >= 15 is 0 Å². The van der Waals surface area contributed by atoms with Gasteiger partial charge in [-0.15, -0.1) is 0 Å². The van der Waals surface area contributed by atoms with Gasteiger partial charge in [0.2, 0.25) is 0 Å². The van der Waals surface area contributed by atoms with Gasteiger partial charge in [0.15, 0.2) is 5.69 Å². The lowest BCUT2D eigenvalue weighted by molar-refractivity contribution is 0.0960. The number of rotatable bonds is 4. The normalized spacial score (nSPS) is 10.5. The first-order valence-electron chi connectivity index (χ1n) is 8.05. The highest BCUT2D eigenvalue weighted by molar-refractivity contribution is 9.10. The van der Waals surface area contributed by atoms with Crippen LogP contribution in [0.2, 0.25) is 0 Å². The summed E-state index contributed by atoms with van der Waals surface area (Å²) >= 11 is 3.33. The van der Waals surface area contributed by atoms with E-state index in [1.54, 1.807) is 50.5 Å². The van der Waals surface area contributed by atoms with Crippen LogP contribution in [0.3, 0.4) is 0 Å². The van der Waals surface area contributed by atoms with Crippen molar-refractivity contribution in [3.63, 3.8) is 0 Å². The van der Waals surface area contributed by atoms with Crippen LogP contribution >= 0.6 is 15.9 Å². The van der Waals surface area contributed by atoms with Crippen LogP contribution in [0.1, 0.15) is 26.4 Å². The van der Waals surface area contributed by atoms with Gasteiger partial charge >= 0.3 is 0 Å². The zero-order chi connectivity index (χ0) is 19.6. The molecule has 1 aromatic heterocycles. The summed E-state index contributed by atoms with van der Waals surface area (Å²) in [7, 11) is 1.55. The molecule has 0 unspecified atom stereocenters. The number of nitrogens with one attached hydrogen (secondary N) is 2. The second-order valence-corrected chi connectivity index (χ2v) is 6.61. The molecule has 0 saturated carbocycles. The van der Waals surface area contributed by atoms with Crippen molar-refractivity contribution in [1.29, 1.82) is 0 Å². The molecule has 2 amide bonds. The largest absolute Gasteiger partial charge is 0.355 e. The van der Waals surface area contributed by atoms with Crippen molar-refractivity contribution < 1.29 is 14.0 Å². The quantitative estimate of drug-likeness (QED) is 0.662. The maximum Gasteiger partial charge on any atom is 0.277 e. The molecule has 8 heteroatoms. The molecule has 2 N–H and O–H groups in total. The Morgan fingerprint density at radius 1 is 1.11 bits per heavy atom. The van der Waals surface area contributed by atoms with E-state index in [-0.39, 0.29) is 17.4 Å². The molecular formula is C19H16BrFN4O2. The fourth-order valence-corrected chi connectivity index (χ4v) is 3.02. The van der Waals surface area contributed by atoms with Crippen molar-refractivity contribution in [3.8, 4) is 5.69 Å². The molecule has 138 valence electrons. The third-order valence-electron chi connectivity index (χ3n) is 4.03. The van der Waals surface area contributed by atoms with Gasteiger partial charge in [0.1, 0.15) is 5.82 Å². The van der Waals surface area contributed by atoms with Crippen molar-refractivity contribution >= 4 is 33.4 Å². The van der Waals surface area contributed by atoms with Crippen molar-refractivity contribution in [2.75, 3.05) is 12.4 Å². The molecule has 0 atom stereocenters. The van der Waals surface area contributed by atoms with Gasteiger partial charge in [-0.3, -0.25) is 9.59 Å². The Bertz CT molecular complexity index is 1020. The van der Waals surface area contributed by atoms with Gasteiger partial charge in [-0.2, -0.15) is 5.10 Å². The van der Waals surface area contributed by atoms with Crippen molar-refractivity contribution in [2.24, 2.45) is 0 Å². The number of benzene rings is 2. The number of anilines is 1. The molecule has 2 aromatic carbocycles. The second kappa shape index (κ2) is 7.71. The van der Waals surface area contributed by atoms with Crippen molar-refractivity contribution in [2.45, 2.75) is 6.92 Å². The van der Waals surface area contributed by atoms with Crippen LogP contribution in [0, 0.1) is 12.7 Å². The highest BCUT2D eigenvalue weighted by Gasteiger charge is 2.18. The second-order valence-electron chi connectivity index (χ2n) is 5.76. The number of carbonyl (C=O) groups excluding carboxylic acids is 2. The Balaban J connectivity index is 1.87. The van der Waals surface area contributed by atoms with Gasteiger partial charge in [-0.25, -0.2) is 9.07 Å². The predicted octanol–water partition coefficient (Wildman–Crippen LogP) is 3.69. The minimum absolute atomic E-state index is 0.170. The summed E-state index contributed by atoms with van der Waals surface area (Å²) in [6.07, 6.45) is 1.62. The molecule has 27 heavy (non-hydrogen) atoms. The molecule has 0 saturated heterocycles. The summed E-state index contributed by atoms with van der Waals surface area (Å²) in [6, 6.07) is 10.9. The van der Waals surface area contributed by atoms with Gasteiger partial charge in [-0.1, -0.05) is 6.07 Å². The van der Waals surface area contributed by atoms with E-state index in [2.05, 4.69) is 31.7 Å². The van der Waals surface area contributed by atoms with Gasteiger partial charge in [0.05, 0.1) is 10.2 Å². The Morgan fingerprint density at radius 2 is 1.81 bits per heavy atom. The molecule has 0 aliphatic carbocycles. The van der Waals surface area contributed by atoms with Gasteiger partial charge in [0, 0.05) is 24.5 Å². The Morgan fingerprint density at radius 3 is 2.48 bits per heavy atom. The molecule has 0 spiro atoms. The van der Waals surface area contributed by atoms with Gasteiger partial charge < -0.3 is 10.6 Å². The number of hydrogen-bond donors (Lipinski definition) is 2. The Kier molecular flexibility index (Phi) is 5.36. The molecular weight excluding hydrogens is 415 g/mol. The predicted molar refractivity (Wildman–Crippen MR) is 104 cm³/mol. The highest BCUT2D eigenvalue weighted by atomic mass is 79.9. The van der Waals surface area contributed by atoms with E-state index in [0.717, 1.165) is 0 Å². The zero-order valence-corrected chi connectivity index (χ0v) is 16.2. The minimum atomic E-state index is -0.431. The highest BCUT2D eigenvalue weighted by Crippen LogP contribution is 2.23. The van der Waals surface area contributed by atoms with Crippen LogP contribution in [-0.4, -0.2) is 28.6 Å². The fraction of sp³-hybridized carbons (Fsp3) is 0.105. The van der Waals surface area contributed by atoms with E-state index in [1.807, 2.05) is 0 Å². The van der Waals surface area contributed by atoms with Gasteiger partial charge in [0.25, 0.3) is 11.8 Å². The summed E-state index contributed by atoms with van der Waals surface area (Å²) in [5.74, 6) is -1.01. The summed E-state index contributed by atoms with van der Waals surface area (Å²) in [5.41, 5.74) is 2.44. The van der Waals surface area contributed by atoms with Crippen LogP contribution in [0.5, 0.6) is 0 Å². The number of nitrogens with zero attached hydrogens (tertiary/aromatic N) is 2. The number of aromatic nitrogens is 2. The molecule has 0 radical (unpaired) electrons. The minimum Gasteiger partial charge on any atom is -0.355 e. The van der Waals surface area contributed by atoms with Crippen LogP contribution < -0.4 is 10.6 Å². The van der Waals surface area contributed by atoms with Crippen LogP contribution in [0.4, 0.5) is 10.1 Å². The lowest BCUT2D eigenvalue weighted by Crippen LogP contribution is -2.20. The summed E-state index contributed by atoms with van der Waals surface area (Å²) in [5, 5.41) is 9.61. The van der Waals surface area contributed by atoms with Crippen molar-refractivity contribution in [1.82, 2.24) is 15.1 Å². The topological polar surface area (TPSA) is 76.0 Å². The van der Waals surface area contributed by atoms with E-state index in [4.69, 9.17) is 0 Å². The standard InChI is InChI=1S/C19H16BrFN4O2/c1-11-14(18(26)22-2)4-3-5-16(11)23-19(27)17-15(20)10-25(24-17)13-8-6-12(21)7-9-13/h3-10H,1-2H3,(H,22,26)(H,23,27). The van der Waals surface area contributed by atoms with E-state index in [9.17, 15) is 14.0 Å². The monoisotopic (exact) mass is 430 g/mol. The molecule has 0 aliphatic rings. The number of carbonyl (C=O) groups is 2. The smallest absolute Gasteiger partial charge is 0.277 e. The molecule has 0 fully saturated rings. The maximum atomic E-state index is 13.1. The lowest BCUT2D eigenvalue weighted by atomic mass is 10.1. The molecule has 0 aliphatic heterocycles. The summed E-state index contributed by atoms with van der Waals surface area (Å²) in [4.78, 5) is 24.6. The molecule has 3 rings (SSSR count). The first-order valence-corrected chi connectivity index (χ1v) is 8.84. The van der Waals surface area contributed by atoms with Crippen LogP contribution in [-0.2, 0) is 0 Å². The van der Waals surface area contributed by atoms with Gasteiger partial charge in [-0.05, 0) is 64.8 Å².